The normalized spacial score (nSPS) is 19.5. The van der Waals surface area contributed by atoms with Gasteiger partial charge in [0.2, 0.25) is 0 Å². The van der Waals surface area contributed by atoms with E-state index in [-0.39, 0.29) is 17.0 Å². The van der Waals surface area contributed by atoms with E-state index < -0.39 is 12.2 Å². The molecular weight excluding hydrogens is 242 g/mol. The van der Waals surface area contributed by atoms with Crippen molar-refractivity contribution in [2.45, 2.75) is 27.0 Å². The summed E-state index contributed by atoms with van der Waals surface area (Å²) < 4.78 is 5.26. The highest BCUT2D eigenvalue weighted by Crippen LogP contribution is 2.34. The largest absolute Gasteiger partial charge is 0.436 e. The minimum atomic E-state index is -0.625. The number of ether oxygens (including phenoxy) is 1. The van der Waals surface area contributed by atoms with Gasteiger partial charge in [0.05, 0.1) is 0 Å². The topological polar surface area (TPSA) is 46.6 Å². The van der Waals surface area contributed by atoms with E-state index in [2.05, 4.69) is 6.58 Å². The lowest BCUT2D eigenvalue weighted by atomic mass is 9.93. The molecule has 1 fully saturated rings. The maximum absolute atomic E-state index is 12.5. The summed E-state index contributed by atoms with van der Waals surface area (Å²) in [6, 6.07) is 8.80. The molecule has 1 aromatic carbocycles. The zero-order valence-electron chi connectivity index (χ0n) is 11.3. The number of cyclic esters (lactones) is 1. The number of hydrogen-bond acceptors (Lipinski definition) is 3. The third-order valence-corrected chi connectivity index (χ3v) is 2.96. The molecular formula is C15H17NO3. The van der Waals surface area contributed by atoms with Crippen molar-refractivity contribution < 1.29 is 14.3 Å². The van der Waals surface area contributed by atoms with Crippen LogP contribution in [0.3, 0.4) is 0 Å². The number of carbonyl (C=O) groups is 2. The van der Waals surface area contributed by atoms with Crippen LogP contribution in [-0.2, 0) is 9.53 Å². The molecule has 1 heterocycles. The standard InChI is InChI=1S/C15H17NO3/c1-10-13(18)19-14(15(2,3)4)16(10)12(17)11-8-6-5-7-9-11/h5-9,14H,1H2,2-4H3/t14-/m0/s1. The molecule has 0 unspecified atom stereocenters. The second-order valence-corrected chi connectivity index (χ2v) is 5.61. The zero-order valence-corrected chi connectivity index (χ0v) is 11.3. The van der Waals surface area contributed by atoms with Crippen LogP contribution < -0.4 is 0 Å². The summed E-state index contributed by atoms with van der Waals surface area (Å²) in [7, 11) is 0. The van der Waals surface area contributed by atoms with Crippen molar-refractivity contribution in [1.82, 2.24) is 4.90 Å². The maximum Gasteiger partial charge on any atom is 0.356 e. The van der Waals surface area contributed by atoms with E-state index in [1.807, 2.05) is 26.8 Å². The van der Waals surface area contributed by atoms with E-state index in [9.17, 15) is 9.59 Å². The van der Waals surface area contributed by atoms with Crippen LogP contribution in [0.2, 0.25) is 0 Å². The van der Waals surface area contributed by atoms with Gasteiger partial charge in [-0.05, 0) is 12.1 Å². The van der Waals surface area contributed by atoms with Gasteiger partial charge in [-0.15, -0.1) is 0 Å². The highest BCUT2D eigenvalue weighted by molar-refractivity contribution is 6.02. The summed E-state index contributed by atoms with van der Waals surface area (Å²) in [4.78, 5) is 25.5. The molecule has 100 valence electrons. The van der Waals surface area contributed by atoms with E-state index in [0.717, 1.165) is 0 Å². The summed E-state index contributed by atoms with van der Waals surface area (Å²) in [5.74, 6) is -0.805. The fourth-order valence-electron chi connectivity index (χ4n) is 1.97. The summed E-state index contributed by atoms with van der Waals surface area (Å²) in [5.41, 5.74) is 0.226. The number of esters is 1. The Bertz CT molecular complexity index is 528. The first-order valence-electron chi connectivity index (χ1n) is 6.11. The Morgan fingerprint density at radius 1 is 1.26 bits per heavy atom. The predicted molar refractivity (Wildman–Crippen MR) is 71.1 cm³/mol. The Morgan fingerprint density at radius 2 is 1.84 bits per heavy atom. The second kappa shape index (κ2) is 4.53. The van der Waals surface area contributed by atoms with Gasteiger partial charge >= 0.3 is 5.97 Å². The number of amides is 1. The molecule has 0 bridgehead atoms. The van der Waals surface area contributed by atoms with E-state index in [1.54, 1.807) is 24.3 Å². The summed E-state index contributed by atoms with van der Waals surface area (Å²) in [5, 5.41) is 0. The third kappa shape index (κ3) is 2.38. The molecule has 0 saturated carbocycles. The fourth-order valence-corrected chi connectivity index (χ4v) is 1.97. The number of nitrogens with zero attached hydrogens (tertiary/aromatic N) is 1. The van der Waals surface area contributed by atoms with Gasteiger partial charge in [-0.25, -0.2) is 4.79 Å². The molecule has 1 aromatic rings. The molecule has 1 amide bonds. The van der Waals surface area contributed by atoms with Crippen LogP contribution in [0.5, 0.6) is 0 Å². The van der Waals surface area contributed by atoms with Gasteiger partial charge in [0.25, 0.3) is 5.91 Å². The van der Waals surface area contributed by atoms with Gasteiger partial charge in [-0.1, -0.05) is 45.5 Å². The SMILES string of the molecule is C=C1C(=O)O[C@@H](C(C)(C)C)N1C(=O)c1ccccc1. The van der Waals surface area contributed by atoms with Crippen molar-refractivity contribution in [3.63, 3.8) is 0 Å². The molecule has 1 aliphatic rings. The van der Waals surface area contributed by atoms with Crippen LogP contribution in [0.1, 0.15) is 31.1 Å². The second-order valence-electron chi connectivity index (χ2n) is 5.61. The van der Waals surface area contributed by atoms with Crippen LogP contribution in [-0.4, -0.2) is 23.0 Å². The Morgan fingerprint density at radius 3 is 2.37 bits per heavy atom. The molecule has 1 saturated heterocycles. The molecule has 0 spiro atoms. The van der Waals surface area contributed by atoms with Crippen LogP contribution in [0.4, 0.5) is 0 Å². The number of benzene rings is 1. The van der Waals surface area contributed by atoms with E-state index >= 15 is 0 Å². The average Bonchev–Trinajstić information content (AvgIpc) is 2.66. The van der Waals surface area contributed by atoms with Crippen molar-refractivity contribution in [1.29, 1.82) is 0 Å². The lowest BCUT2D eigenvalue weighted by Gasteiger charge is -2.32. The smallest absolute Gasteiger partial charge is 0.356 e. The maximum atomic E-state index is 12.5. The summed E-state index contributed by atoms with van der Waals surface area (Å²) in [6.07, 6.45) is -0.625. The van der Waals surface area contributed by atoms with Gasteiger partial charge in [-0.2, -0.15) is 0 Å². The zero-order chi connectivity index (χ0) is 14.2. The van der Waals surface area contributed by atoms with Crippen LogP contribution in [0.25, 0.3) is 0 Å². The minimum Gasteiger partial charge on any atom is -0.436 e. The monoisotopic (exact) mass is 259 g/mol. The van der Waals surface area contributed by atoms with Crippen molar-refractivity contribution in [3.05, 3.63) is 48.2 Å². The Balaban J connectivity index is 2.38. The molecule has 0 N–H and O–H groups in total. The first-order valence-corrected chi connectivity index (χ1v) is 6.11. The molecule has 2 rings (SSSR count). The lowest BCUT2D eigenvalue weighted by Crippen LogP contribution is -2.43. The molecule has 19 heavy (non-hydrogen) atoms. The van der Waals surface area contributed by atoms with Crippen molar-refractivity contribution in [2.24, 2.45) is 5.41 Å². The molecule has 1 atom stereocenters. The van der Waals surface area contributed by atoms with Crippen LogP contribution >= 0.6 is 0 Å². The van der Waals surface area contributed by atoms with Crippen molar-refractivity contribution in [2.75, 3.05) is 0 Å². The Kier molecular flexibility index (Phi) is 3.18. The third-order valence-electron chi connectivity index (χ3n) is 2.96. The molecule has 0 aromatic heterocycles. The highest BCUT2D eigenvalue weighted by Gasteiger charge is 2.45. The lowest BCUT2D eigenvalue weighted by molar-refractivity contribution is -0.145. The average molecular weight is 259 g/mol. The molecule has 4 nitrogen and oxygen atoms in total. The van der Waals surface area contributed by atoms with E-state index in [4.69, 9.17) is 4.74 Å². The molecule has 1 aliphatic heterocycles. The quantitative estimate of drug-likeness (QED) is 0.575. The van der Waals surface area contributed by atoms with Crippen molar-refractivity contribution in [3.8, 4) is 0 Å². The fraction of sp³-hybridized carbons (Fsp3) is 0.333. The Hall–Kier alpha value is -2.10. The molecule has 0 radical (unpaired) electrons. The van der Waals surface area contributed by atoms with Gasteiger partial charge in [0.15, 0.2) is 6.23 Å². The first kappa shape index (κ1) is 13.3. The van der Waals surface area contributed by atoms with Gasteiger partial charge in [-0.3, -0.25) is 9.69 Å². The van der Waals surface area contributed by atoms with Gasteiger partial charge < -0.3 is 4.74 Å². The van der Waals surface area contributed by atoms with Gasteiger partial charge in [0.1, 0.15) is 5.70 Å². The van der Waals surface area contributed by atoms with E-state index in [1.165, 1.54) is 4.90 Å². The number of rotatable bonds is 1. The molecule has 0 aliphatic carbocycles. The Labute approximate surface area is 112 Å². The van der Waals surface area contributed by atoms with Crippen LogP contribution in [0.15, 0.2) is 42.6 Å². The first-order chi connectivity index (χ1) is 8.82. The van der Waals surface area contributed by atoms with Gasteiger partial charge in [0, 0.05) is 11.0 Å². The van der Waals surface area contributed by atoms with Crippen LogP contribution in [0, 0.1) is 5.41 Å². The minimum absolute atomic E-state index is 0.0915. The number of carbonyl (C=O) groups excluding carboxylic acids is 2. The summed E-state index contributed by atoms with van der Waals surface area (Å²) >= 11 is 0. The number of hydrogen-bond donors (Lipinski definition) is 0. The summed E-state index contributed by atoms with van der Waals surface area (Å²) in [6.45, 7) is 9.39. The van der Waals surface area contributed by atoms with E-state index in [0.29, 0.717) is 5.56 Å². The predicted octanol–water partition coefficient (Wildman–Crippen LogP) is 2.57. The highest BCUT2D eigenvalue weighted by atomic mass is 16.6. The van der Waals surface area contributed by atoms with Crippen molar-refractivity contribution >= 4 is 11.9 Å². The molecule has 4 heteroatoms.